The monoisotopic (exact) mass is 250 g/mol. The summed E-state index contributed by atoms with van der Waals surface area (Å²) in [5.41, 5.74) is 2.27. The topological polar surface area (TPSA) is 64.0 Å². The van der Waals surface area contributed by atoms with Crippen molar-refractivity contribution < 1.29 is 15.0 Å². The van der Waals surface area contributed by atoms with Crippen LogP contribution in [0.4, 0.5) is 11.4 Å². The number of fused-ring (bicyclic) bond motifs is 1. The Morgan fingerprint density at radius 1 is 1.50 bits per heavy atom. The van der Waals surface area contributed by atoms with Crippen LogP contribution < -0.4 is 9.80 Å². The number of likely N-dealkylation sites (N-methyl/N-ethyl adjacent to an activating group) is 2. The van der Waals surface area contributed by atoms with E-state index in [1.165, 1.54) is 4.90 Å². The van der Waals surface area contributed by atoms with Gasteiger partial charge in [-0.15, -0.1) is 0 Å². The van der Waals surface area contributed by atoms with Crippen molar-refractivity contribution in [3.8, 4) is 0 Å². The van der Waals surface area contributed by atoms with E-state index < -0.39 is 6.10 Å². The molecule has 1 aromatic rings. The summed E-state index contributed by atoms with van der Waals surface area (Å²) in [5, 5.41) is 18.9. The van der Waals surface area contributed by atoms with Gasteiger partial charge in [-0.05, 0) is 19.1 Å². The highest BCUT2D eigenvalue weighted by Gasteiger charge is 2.33. The van der Waals surface area contributed by atoms with Crippen LogP contribution in [-0.2, 0) is 4.79 Å². The van der Waals surface area contributed by atoms with Crippen LogP contribution in [0.15, 0.2) is 18.2 Å². The molecular formula is C13H18N2O3. The SMILES string of the molecule is CC(CO)N(C)c1ccc2c(c1)N(C)C(=O)C2O. The van der Waals surface area contributed by atoms with Gasteiger partial charge in [-0.1, -0.05) is 6.07 Å². The van der Waals surface area contributed by atoms with Gasteiger partial charge in [-0.25, -0.2) is 0 Å². The van der Waals surface area contributed by atoms with Crippen molar-refractivity contribution in [3.05, 3.63) is 23.8 Å². The number of rotatable bonds is 3. The number of benzene rings is 1. The van der Waals surface area contributed by atoms with Gasteiger partial charge in [0.15, 0.2) is 6.10 Å². The van der Waals surface area contributed by atoms with Crippen LogP contribution in [0.25, 0.3) is 0 Å². The van der Waals surface area contributed by atoms with E-state index in [-0.39, 0.29) is 18.6 Å². The van der Waals surface area contributed by atoms with Gasteiger partial charge in [0.1, 0.15) is 0 Å². The van der Waals surface area contributed by atoms with Crippen molar-refractivity contribution >= 4 is 17.3 Å². The van der Waals surface area contributed by atoms with Crippen LogP contribution in [0.2, 0.25) is 0 Å². The highest BCUT2D eigenvalue weighted by molar-refractivity contribution is 6.03. The largest absolute Gasteiger partial charge is 0.394 e. The molecular weight excluding hydrogens is 232 g/mol. The minimum atomic E-state index is -1.06. The molecule has 0 radical (unpaired) electrons. The molecule has 1 aromatic carbocycles. The fourth-order valence-corrected chi connectivity index (χ4v) is 2.09. The van der Waals surface area contributed by atoms with Gasteiger partial charge in [0.25, 0.3) is 5.91 Å². The molecule has 5 nitrogen and oxygen atoms in total. The number of nitrogens with zero attached hydrogens (tertiary/aromatic N) is 2. The Morgan fingerprint density at radius 3 is 2.78 bits per heavy atom. The third-order valence-electron chi connectivity index (χ3n) is 3.57. The van der Waals surface area contributed by atoms with Gasteiger partial charge in [0, 0.05) is 31.4 Å². The molecule has 0 saturated carbocycles. The van der Waals surface area contributed by atoms with Crippen LogP contribution >= 0.6 is 0 Å². The van der Waals surface area contributed by atoms with Crippen molar-refractivity contribution in [2.24, 2.45) is 0 Å². The second-order valence-corrected chi connectivity index (χ2v) is 4.69. The molecule has 0 aliphatic carbocycles. The second kappa shape index (κ2) is 4.59. The van der Waals surface area contributed by atoms with Gasteiger partial charge >= 0.3 is 0 Å². The molecule has 0 aromatic heterocycles. The summed E-state index contributed by atoms with van der Waals surface area (Å²) >= 11 is 0. The highest BCUT2D eigenvalue weighted by atomic mass is 16.3. The van der Waals surface area contributed by atoms with E-state index in [0.29, 0.717) is 5.56 Å². The Hall–Kier alpha value is -1.59. The third kappa shape index (κ3) is 1.85. The summed E-state index contributed by atoms with van der Waals surface area (Å²) in [7, 11) is 3.53. The van der Waals surface area contributed by atoms with Crippen LogP contribution in [0.3, 0.4) is 0 Å². The standard InChI is InChI=1S/C13H18N2O3/c1-8(7-16)14(2)9-4-5-10-11(6-9)15(3)13(18)12(10)17/h4-6,8,12,16-17H,7H2,1-3H3. The predicted molar refractivity (Wildman–Crippen MR) is 69.8 cm³/mol. The first-order valence-electron chi connectivity index (χ1n) is 5.90. The number of hydrogen-bond acceptors (Lipinski definition) is 4. The minimum absolute atomic E-state index is 0.00427. The lowest BCUT2D eigenvalue weighted by Gasteiger charge is -2.26. The molecule has 1 aliphatic rings. The lowest BCUT2D eigenvalue weighted by molar-refractivity contribution is -0.125. The van der Waals surface area contributed by atoms with Gasteiger partial charge < -0.3 is 20.0 Å². The van der Waals surface area contributed by atoms with Crippen LogP contribution in [0.1, 0.15) is 18.6 Å². The van der Waals surface area contributed by atoms with Crippen LogP contribution in [0.5, 0.6) is 0 Å². The second-order valence-electron chi connectivity index (χ2n) is 4.69. The van der Waals surface area contributed by atoms with Crippen molar-refractivity contribution in [1.82, 2.24) is 0 Å². The van der Waals surface area contributed by atoms with Crippen molar-refractivity contribution in [1.29, 1.82) is 0 Å². The van der Waals surface area contributed by atoms with E-state index in [1.54, 1.807) is 13.1 Å². The lowest BCUT2D eigenvalue weighted by atomic mass is 10.1. The zero-order valence-corrected chi connectivity index (χ0v) is 10.8. The summed E-state index contributed by atoms with van der Waals surface area (Å²) < 4.78 is 0. The number of aliphatic hydroxyl groups is 2. The molecule has 2 rings (SSSR count). The maximum Gasteiger partial charge on any atom is 0.260 e. The van der Waals surface area contributed by atoms with Crippen molar-refractivity contribution in [2.45, 2.75) is 19.1 Å². The number of anilines is 2. The Morgan fingerprint density at radius 2 is 2.17 bits per heavy atom. The molecule has 0 bridgehead atoms. The molecule has 1 heterocycles. The number of hydrogen-bond donors (Lipinski definition) is 2. The van der Waals surface area contributed by atoms with E-state index in [9.17, 15) is 9.90 Å². The average molecular weight is 250 g/mol. The molecule has 0 spiro atoms. The quantitative estimate of drug-likeness (QED) is 0.820. The summed E-state index contributed by atoms with van der Waals surface area (Å²) in [4.78, 5) is 15.0. The smallest absolute Gasteiger partial charge is 0.260 e. The minimum Gasteiger partial charge on any atom is -0.394 e. The molecule has 2 atom stereocenters. The molecule has 2 unspecified atom stereocenters. The molecule has 18 heavy (non-hydrogen) atoms. The van der Waals surface area contributed by atoms with E-state index in [2.05, 4.69) is 0 Å². The average Bonchev–Trinajstić information content (AvgIpc) is 2.61. The predicted octanol–water partition coefficient (Wildman–Crippen LogP) is 0.513. The summed E-state index contributed by atoms with van der Waals surface area (Å²) in [6, 6.07) is 5.46. The van der Waals surface area contributed by atoms with E-state index >= 15 is 0 Å². The van der Waals surface area contributed by atoms with Gasteiger partial charge in [-0.3, -0.25) is 4.79 Å². The van der Waals surface area contributed by atoms with Crippen LogP contribution in [0, 0.1) is 0 Å². The molecule has 1 aliphatic heterocycles. The van der Waals surface area contributed by atoms with Crippen molar-refractivity contribution in [2.75, 3.05) is 30.5 Å². The first-order valence-corrected chi connectivity index (χ1v) is 5.90. The molecule has 5 heteroatoms. The van der Waals surface area contributed by atoms with Crippen LogP contribution in [-0.4, -0.2) is 42.9 Å². The van der Waals surface area contributed by atoms with Crippen molar-refractivity contribution in [3.63, 3.8) is 0 Å². The molecule has 0 fully saturated rings. The van der Waals surface area contributed by atoms with Gasteiger partial charge in [0.05, 0.1) is 12.3 Å². The fraction of sp³-hybridized carbons (Fsp3) is 0.462. The van der Waals surface area contributed by atoms with Gasteiger partial charge in [0.2, 0.25) is 0 Å². The lowest BCUT2D eigenvalue weighted by Crippen LogP contribution is -2.31. The van der Waals surface area contributed by atoms with E-state index in [1.807, 2.05) is 31.0 Å². The summed E-state index contributed by atoms with van der Waals surface area (Å²) in [6.07, 6.45) is -1.06. The normalized spacial score (nSPS) is 19.9. The summed E-state index contributed by atoms with van der Waals surface area (Å²) in [5.74, 6) is -0.306. The van der Waals surface area contributed by atoms with E-state index in [0.717, 1.165) is 11.4 Å². The maximum absolute atomic E-state index is 11.7. The Bertz CT molecular complexity index is 475. The molecule has 98 valence electrons. The summed E-state index contributed by atoms with van der Waals surface area (Å²) in [6.45, 7) is 1.97. The third-order valence-corrected chi connectivity index (χ3v) is 3.57. The zero-order valence-electron chi connectivity index (χ0n) is 10.8. The van der Waals surface area contributed by atoms with E-state index in [4.69, 9.17) is 5.11 Å². The number of carbonyl (C=O) groups excluding carboxylic acids is 1. The first kappa shape index (κ1) is 12.9. The molecule has 1 amide bonds. The molecule has 2 N–H and O–H groups in total. The van der Waals surface area contributed by atoms with Gasteiger partial charge in [-0.2, -0.15) is 0 Å². The number of carbonyl (C=O) groups is 1. The highest BCUT2D eigenvalue weighted by Crippen LogP contribution is 2.37. The first-order chi connectivity index (χ1) is 8.47. The maximum atomic E-state index is 11.7. The number of aliphatic hydroxyl groups excluding tert-OH is 2. The zero-order chi connectivity index (χ0) is 13.4. The number of amides is 1. The molecule has 0 saturated heterocycles. The Kier molecular flexibility index (Phi) is 3.28. The fourth-order valence-electron chi connectivity index (χ4n) is 2.09. The Balaban J connectivity index is 2.37. The Labute approximate surface area is 106 Å².